The van der Waals surface area contributed by atoms with Crippen LogP contribution in [0.2, 0.25) is 0 Å². The summed E-state index contributed by atoms with van der Waals surface area (Å²) in [6.45, 7) is 5.21. The van der Waals surface area contributed by atoms with Crippen molar-refractivity contribution in [3.8, 4) is 11.4 Å². The number of nitrogen functional groups attached to an aromatic ring is 1. The Hall–Kier alpha value is -2.93. The number of rotatable bonds is 4. The van der Waals surface area contributed by atoms with E-state index in [2.05, 4.69) is 4.98 Å². The van der Waals surface area contributed by atoms with Crippen LogP contribution in [0.3, 0.4) is 0 Å². The molecule has 0 saturated carbocycles. The highest BCUT2D eigenvalue weighted by Crippen LogP contribution is 2.37. The summed E-state index contributed by atoms with van der Waals surface area (Å²) in [5, 5.41) is 0.746. The molecular formula is C19H19N5OS. The van der Waals surface area contributed by atoms with E-state index in [1.54, 1.807) is 11.1 Å². The van der Waals surface area contributed by atoms with Crippen LogP contribution >= 0.6 is 11.3 Å². The molecule has 6 nitrogen and oxygen atoms in total. The summed E-state index contributed by atoms with van der Waals surface area (Å²) in [6, 6.07) is 9.93. The van der Waals surface area contributed by atoms with Gasteiger partial charge in [-0.05, 0) is 13.8 Å². The van der Waals surface area contributed by atoms with Gasteiger partial charge in [0.1, 0.15) is 15.5 Å². The summed E-state index contributed by atoms with van der Waals surface area (Å²) in [6.07, 6.45) is 3.60. The average molecular weight is 365 g/mol. The molecule has 0 fully saturated rings. The van der Waals surface area contributed by atoms with Gasteiger partial charge in [0.25, 0.3) is 5.91 Å². The Morgan fingerprint density at radius 1 is 1.23 bits per heavy atom. The molecule has 132 valence electrons. The number of anilines is 1. The molecule has 0 bridgehead atoms. The number of thiophene rings is 1. The van der Waals surface area contributed by atoms with Gasteiger partial charge in [-0.3, -0.25) is 9.20 Å². The highest BCUT2D eigenvalue weighted by atomic mass is 32.1. The largest absolute Gasteiger partial charge is 0.397 e. The lowest BCUT2D eigenvalue weighted by atomic mass is 10.2. The molecule has 4 rings (SSSR count). The molecule has 0 atom stereocenters. The standard InChI is InChI=1S/C19H19N5OS/c1-3-23(4-2)19(25)15-14(20)13-17-21-10-11-24(17)16(22-18(13)26-15)12-8-6-5-7-9-12/h5-11H,3-4,20H2,1-2H3. The van der Waals surface area contributed by atoms with Gasteiger partial charge >= 0.3 is 0 Å². The van der Waals surface area contributed by atoms with Crippen molar-refractivity contribution in [1.29, 1.82) is 0 Å². The third-order valence-electron chi connectivity index (χ3n) is 4.50. The van der Waals surface area contributed by atoms with Crippen LogP contribution < -0.4 is 5.73 Å². The van der Waals surface area contributed by atoms with Gasteiger partial charge in [-0.1, -0.05) is 30.3 Å². The van der Waals surface area contributed by atoms with Crippen LogP contribution in [0.25, 0.3) is 27.3 Å². The molecule has 1 aromatic carbocycles. The fourth-order valence-corrected chi connectivity index (χ4v) is 4.20. The van der Waals surface area contributed by atoms with E-state index < -0.39 is 0 Å². The van der Waals surface area contributed by atoms with Crippen molar-refractivity contribution in [2.45, 2.75) is 13.8 Å². The maximum absolute atomic E-state index is 12.8. The van der Waals surface area contributed by atoms with Gasteiger partial charge in [0.05, 0.1) is 11.1 Å². The lowest BCUT2D eigenvalue weighted by Gasteiger charge is -2.17. The second-order valence-electron chi connectivity index (χ2n) is 5.92. The number of benzene rings is 1. The third kappa shape index (κ3) is 2.43. The van der Waals surface area contributed by atoms with Crippen LogP contribution in [-0.4, -0.2) is 38.3 Å². The molecular weight excluding hydrogens is 346 g/mol. The molecule has 0 aliphatic carbocycles. The van der Waals surface area contributed by atoms with Crippen LogP contribution in [0, 0.1) is 0 Å². The van der Waals surface area contributed by atoms with Crippen molar-refractivity contribution in [1.82, 2.24) is 19.3 Å². The Kier molecular flexibility index (Phi) is 4.08. The van der Waals surface area contributed by atoms with Crippen molar-refractivity contribution in [3.63, 3.8) is 0 Å². The minimum atomic E-state index is -0.0542. The Morgan fingerprint density at radius 2 is 1.96 bits per heavy atom. The van der Waals surface area contributed by atoms with Crippen LogP contribution in [-0.2, 0) is 0 Å². The van der Waals surface area contributed by atoms with Crippen LogP contribution in [0.1, 0.15) is 23.5 Å². The molecule has 4 aromatic rings. The average Bonchev–Trinajstić information content (AvgIpc) is 3.27. The first-order valence-corrected chi connectivity index (χ1v) is 9.37. The number of fused-ring (bicyclic) bond motifs is 3. The zero-order chi connectivity index (χ0) is 18.3. The van der Waals surface area contributed by atoms with Crippen molar-refractivity contribution < 1.29 is 4.79 Å². The molecule has 1 amide bonds. The van der Waals surface area contributed by atoms with Gasteiger partial charge in [0.15, 0.2) is 5.65 Å². The van der Waals surface area contributed by atoms with E-state index in [9.17, 15) is 4.79 Å². The molecule has 0 radical (unpaired) electrons. The monoisotopic (exact) mass is 365 g/mol. The minimum Gasteiger partial charge on any atom is -0.397 e. The van der Waals surface area contributed by atoms with Crippen molar-refractivity contribution >= 4 is 38.8 Å². The Morgan fingerprint density at radius 3 is 2.65 bits per heavy atom. The van der Waals surface area contributed by atoms with Crippen molar-refractivity contribution in [2.75, 3.05) is 18.8 Å². The molecule has 0 spiro atoms. The van der Waals surface area contributed by atoms with Gasteiger partial charge in [-0.25, -0.2) is 9.97 Å². The Bertz CT molecular complexity index is 1100. The molecule has 0 aliphatic heterocycles. The van der Waals surface area contributed by atoms with Gasteiger partial charge in [-0.2, -0.15) is 0 Å². The summed E-state index contributed by atoms with van der Waals surface area (Å²) in [4.78, 5) is 25.1. The number of hydrogen-bond donors (Lipinski definition) is 1. The Balaban J connectivity index is 1.99. The smallest absolute Gasteiger partial charge is 0.266 e. The lowest BCUT2D eigenvalue weighted by Crippen LogP contribution is -2.30. The molecule has 2 N–H and O–H groups in total. The number of nitrogens with zero attached hydrogens (tertiary/aromatic N) is 4. The van der Waals surface area contributed by atoms with Gasteiger partial charge in [0, 0.05) is 31.0 Å². The Labute approximate surface area is 154 Å². The van der Waals surface area contributed by atoms with Gasteiger partial charge in [0.2, 0.25) is 0 Å². The third-order valence-corrected chi connectivity index (χ3v) is 5.59. The first kappa shape index (κ1) is 16.5. The molecule has 0 aliphatic rings. The minimum absolute atomic E-state index is 0.0542. The maximum atomic E-state index is 12.8. The number of imidazole rings is 1. The summed E-state index contributed by atoms with van der Waals surface area (Å²) in [7, 11) is 0. The van der Waals surface area contributed by atoms with E-state index in [1.807, 2.05) is 54.8 Å². The van der Waals surface area contributed by atoms with Gasteiger partial charge in [-0.15, -0.1) is 11.3 Å². The summed E-state index contributed by atoms with van der Waals surface area (Å²) >= 11 is 1.34. The summed E-state index contributed by atoms with van der Waals surface area (Å²) in [5.41, 5.74) is 8.54. The van der Waals surface area contributed by atoms with E-state index in [0.29, 0.717) is 23.7 Å². The fourth-order valence-electron chi connectivity index (χ4n) is 3.14. The fraction of sp³-hybridized carbons (Fsp3) is 0.211. The van der Waals surface area contributed by atoms with E-state index in [0.717, 1.165) is 27.3 Å². The highest BCUT2D eigenvalue weighted by molar-refractivity contribution is 7.21. The molecule has 3 aromatic heterocycles. The molecule has 0 saturated heterocycles. The van der Waals surface area contributed by atoms with Crippen LogP contribution in [0.4, 0.5) is 5.69 Å². The number of carbonyl (C=O) groups is 1. The summed E-state index contributed by atoms with van der Waals surface area (Å²) in [5.74, 6) is 0.732. The van der Waals surface area contributed by atoms with Gasteiger partial charge < -0.3 is 10.6 Å². The number of nitrogens with two attached hydrogens (primary N) is 1. The van der Waals surface area contributed by atoms with E-state index >= 15 is 0 Å². The van der Waals surface area contributed by atoms with Crippen molar-refractivity contribution in [3.05, 3.63) is 47.6 Å². The highest BCUT2D eigenvalue weighted by Gasteiger charge is 2.24. The number of carbonyl (C=O) groups excluding carboxylic acids is 1. The second-order valence-corrected chi connectivity index (χ2v) is 6.92. The number of hydrogen-bond acceptors (Lipinski definition) is 5. The second kappa shape index (κ2) is 6.42. The van der Waals surface area contributed by atoms with Crippen molar-refractivity contribution in [2.24, 2.45) is 0 Å². The molecule has 3 heterocycles. The SMILES string of the molecule is CCN(CC)C(=O)c1sc2nc(-c3ccccc3)n3ccnc3c2c1N. The van der Waals surface area contributed by atoms with E-state index in [-0.39, 0.29) is 5.91 Å². The first-order valence-electron chi connectivity index (χ1n) is 8.55. The quantitative estimate of drug-likeness (QED) is 0.598. The maximum Gasteiger partial charge on any atom is 0.266 e. The normalized spacial score (nSPS) is 11.3. The van der Waals surface area contributed by atoms with Crippen LogP contribution in [0.15, 0.2) is 42.7 Å². The lowest BCUT2D eigenvalue weighted by molar-refractivity contribution is 0.0779. The number of aromatic nitrogens is 3. The van der Waals surface area contributed by atoms with E-state index in [4.69, 9.17) is 10.7 Å². The predicted molar refractivity (Wildman–Crippen MR) is 105 cm³/mol. The number of amides is 1. The predicted octanol–water partition coefficient (Wildman–Crippen LogP) is 3.68. The molecule has 7 heteroatoms. The van der Waals surface area contributed by atoms with E-state index in [1.165, 1.54) is 11.3 Å². The van der Waals surface area contributed by atoms with Crippen LogP contribution in [0.5, 0.6) is 0 Å². The summed E-state index contributed by atoms with van der Waals surface area (Å²) < 4.78 is 1.92. The first-order chi connectivity index (χ1) is 12.7. The zero-order valence-corrected chi connectivity index (χ0v) is 15.5. The topological polar surface area (TPSA) is 76.5 Å². The molecule has 0 unspecified atom stereocenters. The molecule has 26 heavy (non-hydrogen) atoms. The zero-order valence-electron chi connectivity index (χ0n) is 14.6.